The van der Waals surface area contributed by atoms with E-state index < -0.39 is 0 Å². The SMILES string of the molecule is CC[C@@H]1CCCN(C(=O)c2cc(OC)c3c(c2)nc(-c2cc4cccc(-c5cnn(CCO)c5)c4n2CC2CC2)n3C)C1. The van der Waals surface area contributed by atoms with Gasteiger partial charge in [-0.2, -0.15) is 5.10 Å². The van der Waals surface area contributed by atoms with Gasteiger partial charge in [0.1, 0.15) is 11.3 Å². The number of carbonyl (C=O) groups excluding carboxylic acids is 1. The summed E-state index contributed by atoms with van der Waals surface area (Å²) in [5, 5.41) is 15.0. The molecule has 224 valence electrons. The number of amides is 1. The molecule has 1 saturated carbocycles. The van der Waals surface area contributed by atoms with Crippen LogP contribution in [0.1, 0.15) is 49.4 Å². The van der Waals surface area contributed by atoms with Gasteiger partial charge in [-0.25, -0.2) is 4.98 Å². The lowest BCUT2D eigenvalue weighted by Gasteiger charge is -2.32. The lowest BCUT2D eigenvalue weighted by molar-refractivity contribution is 0.0671. The van der Waals surface area contributed by atoms with E-state index in [0.717, 1.165) is 71.5 Å². The first-order valence-corrected chi connectivity index (χ1v) is 15.6. The molecule has 2 aliphatic rings. The number of piperidine rings is 1. The number of fused-ring (bicyclic) bond motifs is 2. The summed E-state index contributed by atoms with van der Waals surface area (Å²) in [4.78, 5) is 20.8. The average Bonchev–Trinajstić information content (AvgIpc) is 3.45. The van der Waals surface area contributed by atoms with Crippen LogP contribution in [0.25, 0.3) is 44.6 Å². The molecule has 7 rings (SSSR count). The van der Waals surface area contributed by atoms with Crippen molar-refractivity contribution >= 4 is 27.8 Å². The van der Waals surface area contributed by atoms with Crippen LogP contribution in [0.3, 0.4) is 0 Å². The van der Waals surface area contributed by atoms with Crippen molar-refractivity contribution in [3.05, 3.63) is 54.4 Å². The quantitative estimate of drug-likeness (QED) is 0.240. The molecule has 43 heavy (non-hydrogen) atoms. The first kappa shape index (κ1) is 27.7. The highest BCUT2D eigenvalue weighted by molar-refractivity contribution is 6.01. The average molecular weight is 581 g/mol. The van der Waals surface area contributed by atoms with Gasteiger partial charge in [0.2, 0.25) is 0 Å². The van der Waals surface area contributed by atoms with E-state index in [2.05, 4.69) is 45.4 Å². The Morgan fingerprint density at radius 3 is 2.74 bits per heavy atom. The third kappa shape index (κ3) is 4.99. The molecule has 4 heterocycles. The van der Waals surface area contributed by atoms with Gasteiger partial charge in [0, 0.05) is 55.0 Å². The molecule has 1 aliphatic carbocycles. The molecule has 5 aromatic rings. The van der Waals surface area contributed by atoms with Crippen LogP contribution >= 0.6 is 0 Å². The number of hydrogen-bond donors (Lipinski definition) is 1. The highest BCUT2D eigenvalue weighted by atomic mass is 16.5. The number of aromatic nitrogens is 5. The minimum atomic E-state index is 0.0499. The van der Waals surface area contributed by atoms with Crippen molar-refractivity contribution in [1.82, 2.24) is 28.8 Å². The fourth-order valence-corrected chi connectivity index (χ4v) is 6.80. The van der Waals surface area contributed by atoms with Gasteiger partial charge in [0.25, 0.3) is 5.91 Å². The fraction of sp³-hybridized carbons (Fsp3) is 0.441. The molecular formula is C34H40N6O3. The number of para-hydroxylation sites is 1. The number of aliphatic hydroxyl groups excluding tert-OH is 1. The third-order valence-electron chi connectivity index (χ3n) is 9.35. The maximum atomic E-state index is 13.7. The number of aliphatic hydroxyl groups is 1. The second-order valence-corrected chi connectivity index (χ2v) is 12.3. The van der Waals surface area contributed by atoms with Gasteiger partial charge in [-0.15, -0.1) is 0 Å². The molecule has 0 bridgehead atoms. The second kappa shape index (κ2) is 11.2. The molecule has 1 aliphatic heterocycles. The molecule has 0 spiro atoms. The Labute approximate surface area is 251 Å². The summed E-state index contributed by atoms with van der Waals surface area (Å²) in [6.45, 7) is 5.25. The Morgan fingerprint density at radius 2 is 1.98 bits per heavy atom. The van der Waals surface area contributed by atoms with Crippen LogP contribution in [0, 0.1) is 11.8 Å². The monoisotopic (exact) mass is 580 g/mol. The topological polar surface area (TPSA) is 90.3 Å². The van der Waals surface area contributed by atoms with Crippen LogP contribution in [-0.4, -0.2) is 66.6 Å². The van der Waals surface area contributed by atoms with Gasteiger partial charge in [-0.05, 0) is 55.7 Å². The molecule has 0 unspecified atom stereocenters. The molecule has 9 nitrogen and oxygen atoms in total. The Morgan fingerprint density at radius 1 is 1.12 bits per heavy atom. The number of methoxy groups -OCH3 is 1. The Kier molecular flexibility index (Phi) is 7.21. The molecule has 2 fully saturated rings. The highest BCUT2D eigenvalue weighted by Crippen LogP contribution is 2.40. The molecule has 1 N–H and O–H groups in total. The number of imidazole rings is 1. The van der Waals surface area contributed by atoms with Crippen molar-refractivity contribution in [3.63, 3.8) is 0 Å². The zero-order chi connectivity index (χ0) is 29.7. The van der Waals surface area contributed by atoms with Gasteiger partial charge in [0.05, 0.1) is 43.2 Å². The molecule has 0 radical (unpaired) electrons. The highest BCUT2D eigenvalue weighted by Gasteiger charge is 2.29. The van der Waals surface area contributed by atoms with E-state index in [1.165, 1.54) is 24.8 Å². The Hall–Kier alpha value is -4.11. The molecule has 3 aromatic heterocycles. The van der Waals surface area contributed by atoms with Crippen LogP contribution in [0.15, 0.2) is 48.8 Å². The van der Waals surface area contributed by atoms with Crippen molar-refractivity contribution in [3.8, 4) is 28.4 Å². The molecule has 1 saturated heterocycles. The smallest absolute Gasteiger partial charge is 0.254 e. The van der Waals surface area contributed by atoms with Gasteiger partial charge in [-0.3, -0.25) is 9.48 Å². The number of carbonyl (C=O) groups is 1. The lowest BCUT2D eigenvalue weighted by Crippen LogP contribution is -2.39. The van der Waals surface area contributed by atoms with Gasteiger partial charge >= 0.3 is 0 Å². The van der Waals surface area contributed by atoms with E-state index in [-0.39, 0.29) is 12.5 Å². The molecule has 2 aromatic carbocycles. The first-order chi connectivity index (χ1) is 21.0. The summed E-state index contributed by atoms with van der Waals surface area (Å²) >= 11 is 0. The van der Waals surface area contributed by atoms with E-state index in [1.807, 2.05) is 36.5 Å². The number of benzene rings is 2. The predicted octanol–water partition coefficient (Wildman–Crippen LogP) is 5.73. The van der Waals surface area contributed by atoms with E-state index in [9.17, 15) is 9.90 Å². The van der Waals surface area contributed by atoms with Crippen LogP contribution in [0.4, 0.5) is 0 Å². The maximum Gasteiger partial charge on any atom is 0.254 e. The van der Waals surface area contributed by atoms with Crippen molar-refractivity contribution in [2.24, 2.45) is 18.9 Å². The zero-order valence-electron chi connectivity index (χ0n) is 25.3. The molecular weight excluding hydrogens is 540 g/mol. The minimum Gasteiger partial charge on any atom is -0.494 e. The standard InChI is InChI=1S/C34H40N6O3/c1-4-22-7-6-12-38(19-22)34(42)25-15-28-32(30(17-25)43-3)37(2)33(36-28)29-16-24-8-5-9-27(26-18-35-39(21-26)13-14-41)31(24)40(29)20-23-10-11-23/h5,8-9,15-18,21-23,41H,4,6-7,10-14,19-20H2,1-3H3/t22-/m1/s1. The number of nitrogens with zero attached hydrogens (tertiary/aromatic N) is 6. The van der Waals surface area contributed by atoms with Gasteiger partial charge in [0.15, 0.2) is 5.82 Å². The van der Waals surface area contributed by atoms with E-state index in [1.54, 1.807) is 11.8 Å². The van der Waals surface area contributed by atoms with Crippen molar-refractivity contribution in [1.29, 1.82) is 0 Å². The predicted molar refractivity (Wildman–Crippen MR) is 168 cm³/mol. The van der Waals surface area contributed by atoms with E-state index >= 15 is 0 Å². The van der Waals surface area contributed by atoms with Crippen molar-refractivity contribution in [2.45, 2.75) is 52.1 Å². The molecule has 1 atom stereocenters. The lowest BCUT2D eigenvalue weighted by atomic mass is 9.95. The fourth-order valence-electron chi connectivity index (χ4n) is 6.80. The van der Waals surface area contributed by atoms with Crippen molar-refractivity contribution < 1.29 is 14.6 Å². The summed E-state index contributed by atoms with van der Waals surface area (Å²) in [6, 6.07) is 12.5. The van der Waals surface area contributed by atoms with E-state index in [0.29, 0.717) is 29.7 Å². The summed E-state index contributed by atoms with van der Waals surface area (Å²) in [5.74, 6) is 2.77. The summed E-state index contributed by atoms with van der Waals surface area (Å²) in [7, 11) is 3.70. The van der Waals surface area contributed by atoms with Crippen LogP contribution in [-0.2, 0) is 20.1 Å². The molecule has 9 heteroatoms. The molecule has 1 amide bonds. The Balaban J connectivity index is 1.35. The van der Waals surface area contributed by atoms with Crippen LogP contribution in [0.2, 0.25) is 0 Å². The number of rotatable bonds is 9. The first-order valence-electron chi connectivity index (χ1n) is 15.6. The van der Waals surface area contributed by atoms with Crippen molar-refractivity contribution in [2.75, 3.05) is 26.8 Å². The van der Waals surface area contributed by atoms with E-state index in [4.69, 9.17) is 9.72 Å². The normalized spacial score (nSPS) is 17.3. The number of hydrogen-bond acceptors (Lipinski definition) is 5. The Bertz CT molecular complexity index is 1810. The minimum absolute atomic E-state index is 0.0499. The van der Waals surface area contributed by atoms with Gasteiger partial charge < -0.3 is 23.9 Å². The maximum absolute atomic E-state index is 13.7. The largest absolute Gasteiger partial charge is 0.494 e. The number of ether oxygens (including phenoxy) is 1. The summed E-state index contributed by atoms with van der Waals surface area (Å²) in [5.41, 5.74) is 6.63. The van der Waals surface area contributed by atoms with Crippen LogP contribution < -0.4 is 4.74 Å². The van der Waals surface area contributed by atoms with Crippen LogP contribution in [0.5, 0.6) is 5.75 Å². The summed E-state index contributed by atoms with van der Waals surface area (Å²) in [6.07, 6.45) is 9.67. The zero-order valence-corrected chi connectivity index (χ0v) is 25.3. The summed E-state index contributed by atoms with van der Waals surface area (Å²) < 4.78 is 12.2. The second-order valence-electron chi connectivity index (χ2n) is 12.3. The van der Waals surface area contributed by atoms with Gasteiger partial charge in [-0.1, -0.05) is 31.5 Å². The number of likely N-dealkylation sites (tertiary alicyclic amines) is 1. The number of aryl methyl sites for hydroxylation is 1. The third-order valence-corrected chi connectivity index (χ3v) is 9.35.